The van der Waals surface area contributed by atoms with Crippen LogP contribution in [0.1, 0.15) is 31.2 Å². The maximum Gasteiger partial charge on any atom is 0.184 e. The van der Waals surface area contributed by atoms with E-state index < -0.39 is 0 Å². The van der Waals surface area contributed by atoms with Crippen molar-refractivity contribution in [3.63, 3.8) is 0 Å². The molecule has 0 saturated heterocycles. The molecule has 1 aromatic carbocycles. The molecule has 4 heteroatoms. The molecule has 1 aliphatic carbocycles. The van der Waals surface area contributed by atoms with Gasteiger partial charge in [0.05, 0.1) is 10.2 Å². The van der Waals surface area contributed by atoms with E-state index in [-0.39, 0.29) is 0 Å². The Morgan fingerprint density at radius 2 is 2.26 bits per heavy atom. The highest BCUT2D eigenvalue weighted by atomic mass is 32.2. The first-order valence-corrected chi connectivity index (χ1v) is 9.01. The van der Waals surface area contributed by atoms with Crippen LogP contribution in [0.3, 0.4) is 0 Å². The molecule has 1 aromatic heterocycles. The summed E-state index contributed by atoms with van der Waals surface area (Å²) in [5.74, 6) is 0. The van der Waals surface area contributed by atoms with Crippen molar-refractivity contribution in [1.82, 2.24) is 4.98 Å². The smallest absolute Gasteiger partial charge is 0.184 e. The second kappa shape index (κ2) is 5.71. The number of aromatic nitrogens is 1. The van der Waals surface area contributed by atoms with Gasteiger partial charge in [0.2, 0.25) is 0 Å². The fourth-order valence-electron chi connectivity index (χ4n) is 2.76. The van der Waals surface area contributed by atoms with E-state index in [2.05, 4.69) is 36.7 Å². The van der Waals surface area contributed by atoms with Gasteiger partial charge in [0, 0.05) is 11.3 Å². The van der Waals surface area contributed by atoms with Crippen LogP contribution in [0.15, 0.2) is 18.2 Å². The highest BCUT2D eigenvalue weighted by Crippen LogP contribution is 2.32. The predicted octanol–water partition coefficient (Wildman–Crippen LogP) is 4.69. The Labute approximate surface area is 123 Å². The normalized spacial score (nSPS) is 23.7. The Kier molecular flexibility index (Phi) is 3.99. The summed E-state index contributed by atoms with van der Waals surface area (Å²) in [6.07, 6.45) is 7.50. The number of aryl methyl sites for hydroxylation is 1. The molecule has 1 N–H and O–H groups in total. The fraction of sp³-hybridized carbons (Fsp3) is 0.533. The summed E-state index contributed by atoms with van der Waals surface area (Å²) < 4.78 is 1.28. The number of rotatable bonds is 3. The maximum atomic E-state index is 4.72. The van der Waals surface area contributed by atoms with Crippen LogP contribution >= 0.6 is 23.1 Å². The Morgan fingerprint density at radius 1 is 1.37 bits per heavy atom. The zero-order valence-electron chi connectivity index (χ0n) is 11.5. The van der Waals surface area contributed by atoms with Gasteiger partial charge in [-0.15, -0.1) is 0 Å². The van der Waals surface area contributed by atoms with E-state index in [9.17, 15) is 0 Å². The second-order valence-electron chi connectivity index (χ2n) is 5.36. The minimum absolute atomic E-state index is 0.604. The van der Waals surface area contributed by atoms with Crippen LogP contribution in [-0.4, -0.2) is 22.5 Å². The quantitative estimate of drug-likeness (QED) is 0.888. The zero-order valence-corrected chi connectivity index (χ0v) is 13.1. The van der Waals surface area contributed by atoms with Crippen molar-refractivity contribution in [2.75, 3.05) is 11.6 Å². The van der Waals surface area contributed by atoms with Gasteiger partial charge in [-0.3, -0.25) is 0 Å². The van der Waals surface area contributed by atoms with Crippen molar-refractivity contribution in [3.05, 3.63) is 23.8 Å². The molecule has 0 amide bonds. The predicted molar refractivity (Wildman–Crippen MR) is 87.5 cm³/mol. The largest absolute Gasteiger partial charge is 0.359 e. The molecule has 19 heavy (non-hydrogen) atoms. The van der Waals surface area contributed by atoms with Gasteiger partial charge in [0.15, 0.2) is 5.13 Å². The van der Waals surface area contributed by atoms with E-state index in [4.69, 9.17) is 4.98 Å². The lowest BCUT2D eigenvalue weighted by atomic mass is 9.95. The average Bonchev–Trinajstić information content (AvgIpc) is 2.80. The van der Waals surface area contributed by atoms with Crippen LogP contribution < -0.4 is 5.32 Å². The first kappa shape index (κ1) is 13.3. The fourth-order valence-corrected chi connectivity index (χ4v) is 4.51. The molecule has 2 unspecified atom stereocenters. The number of nitrogens with one attached hydrogen (secondary N) is 1. The van der Waals surface area contributed by atoms with Crippen molar-refractivity contribution >= 4 is 38.4 Å². The SMILES string of the molecule is CSC1CCCC(Nc2nc3cc(C)ccc3s2)C1. The highest BCUT2D eigenvalue weighted by Gasteiger charge is 2.21. The third-order valence-electron chi connectivity index (χ3n) is 3.83. The van der Waals surface area contributed by atoms with Crippen molar-refractivity contribution in [3.8, 4) is 0 Å². The summed E-state index contributed by atoms with van der Waals surface area (Å²) in [5.41, 5.74) is 2.41. The lowest BCUT2D eigenvalue weighted by Gasteiger charge is -2.28. The molecule has 102 valence electrons. The Morgan fingerprint density at radius 3 is 3.11 bits per heavy atom. The van der Waals surface area contributed by atoms with Crippen LogP contribution in [0.25, 0.3) is 10.2 Å². The number of nitrogens with zero attached hydrogens (tertiary/aromatic N) is 1. The molecular weight excluding hydrogens is 272 g/mol. The van der Waals surface area contributed by atoms with Crippen molar-refractivity contribution in [2.45, 2.75) is 43.9 Å². The monoisotopic (exact) mass is 292 g/mol. The van der Waals surface area contributed by atoms with Gasteiger partial charge in [-0.1, -0.05) is 23.8 Å². The first-order valence-electron chi connectivity index (χ1n) is 6.91. The summed E-state index contributed by atoms with van der Waals surface area (Å²) in [6.45, 7) is 2.12. The number of fused-ring (bicyclic) bond motifs is 1. The van der Waals surface area contributed by atoms with E-state index in [0.717, 1.165) is 15.9 Å². The van der Waals surface area contributed by atoms with Crippen LogP contribution in [-0.2, 0) is 0 Å². The van der Waals surface area contributed by atoms with Gasteiger partial charge in [-0.25, -0.2) is 4.98 Å². The van der Waals surface area contributed by atoms with E-state index in [0.29, 0.717) is 6.04 Å². The van der Waals surface area contributed by atoms with Crippen molar-refractivity contribution < 1.29 is 0 Å². The minimum atomic E-state index is 0.604. The molecule has 2 nitrogen and oxygen atoms in total. The molecule has 0 aliphatic heterocycles. The molecule has 1 heterocycles. The molecule has 1 fully saturated rings. The Bertz CT molecular complexity index is 564. The zero-order chi connectivity index (χ0) is 13.2. The summed E-state index contributed by atoms with van der Waals surface area (Å²) in [5, 5.41) is 5.56. The van der Waals surface area contributed by atoms with Crippen LogP contribution in [0.5, 0.6) is 0 Å². The number of hydrogen-bond acceptors (Lipinski definition) is 4. The van der Waals surface area contributed by atoms with E-state index in [1.165, 1.54) is 35.9 Å². The van der Waals surface area contributed by atoms with Gasteiger partial charge >= 0.3 is 0 Å². The number of hydrogen-bond donors (Lipinski definition) is 1. The van der Waals surface area contributed by atoms with Crippen molar-refractivity contribution in [1.29, 1.82) is 0 Å². The standard InChI is InChI=1S/C15H20N2S2/c1-10-6-7-14-13(8-10)17-15(19-14)16-11-4-3-5-12(9-11)18-2/h6-8,11-12H,3-5,9H2,1-2H3,(H,16,17). The average molecular weight is 292 g/mol. The second-order valence-corrected chi connectivity index (χ2v) is 7.52. The van der Waals surface area contributed by atoms with E-state index in [1.807, 2.05) is 11.8 Å². The molecule has 0 bridgehead atoms. The van der Waals surface area contributed by atoms with E-state index in [1.54, 1.807) is 11.3 Å². The van der Waals surface area contributed by atoms with Gasteiger partial charge in [0.25, 0.3) is 0 Å². The Balaban J connectivity index is 1.74. The molecular formula is C15H20N2S2. The summed E-state index contributed by atoms with van der Waals surface area (Å²) in [4.78, 5) is 4.72. The number of thiazole rings is 1. The molecule has 0 radical (unpaired) electrons. The van der Waals surface area contributed by atoms with Crippen LogP contribution in [0.2, 0.25) is 0 Å². The highest BCUT2D eigenvalue weighted by molar-refractivity contribution is 7.99. The van der Waals surface area contributed by atoms with Gasteiger partial charge in [-0.05, 0) is 50.1 Å². The number of benzene rings is 1. The number of thioether (sulfide) groups is 1. The summed E-state index contributed by atoms with van der Waals surface area (Å²) >= 11 is 3.79. The third-order valence-corrected chi connectivity index (χ3v) is 5.89. The molecule has 2 aromatic rings. The number of anilines is 1. The lowest BCUT2D eigenvalue weighted by molar-refractivity contribution is 0.473. The molecule has 1 saturated carbocycles. The van der Waals surface area contributed by atoms with Crippen LogP contribution in [0.4, 0.5) is 5.13 Å². The Hall–Kier alpha value is -0.740. The summed E-state index contributed by atoms with van der Waals surface area (Å²) in [6, 6.07) is 7.11. The maximum absolute atomic E-state index is 4.72. The first-order chi connectivity index (χ1) is 9.24. The van der Waals surface area contributed by atoms with Gasteiger partial charge in [-0.2, -0.15) is 11.8 Å². The molecule has 0 spiro atoms. The van der Waals surface area contributed by atoms with Crippen molar-refractivity contribution in [2.24, 2.45) is 0 Å². The van der Waals surface area contributed by atoms with E-state index >= 15 is 0 Å². The summed E-state index contributed by atoms with van der Waals surface area (Å²) in [7, 11) is 0. The topological polar surface area (TPSA) is 24.9 Å². The molecule has 3 rings (SSSR count). The third kappa shape index (κ3) is 3.06. The van der Waals surface area contributed by atoms with Crippen LogP contribution in [0, 0.1) is 6.92 Å². The lowest BCUT2D eigenvalue weighted by Crippen LogP contribution is -2.28. The molecule has 1 aliphatic rings. The van der Waals surface area contributed by atoms with Gasteiger partial charge in [0.1, 0.15) is 0 Å². The molecule has 2 atom stereocenters. The van der Waals surface area contributed by atoms with Gasteiger partial charge < -0.3 is 5.32 Å². The minimum Gasteiger partial charge on any atom is -0.359 e.